The summed E-state index contributed by atoms with van der Waals surface area (Å²) in [6.45, 7) is 3.79. The minimum absolute atomic E-state index is 0.572. The standard InChI is InChI=1S/C11H17N3/c1-2-14(10-4-5-10)11-6-3-9(7-12)8-13-11/h3,6,8,10H,2,4-5,7,12H2,1H3. The molecule has 0 unspecified atom stereocenters. The molecule has 3 heteroatoms. The topological polar surface area (TPSA) is 42.1 Å². The van der Waals surface area contributed by atoms with Crippen LogP contribution in [0, 0.1) is 0 Å². The second-order valence-corrected chi connectivity index (χ2v) is 3.75. The molecule has 0 atom stereocenters. The van der Waals surface area contributed by atoms with Crippen molar-refractivity contribution in [1.82, 2.24) is 4.98 Å². The highest BCUT2D eigenvalue weighted by atomic mass is 15.2. The molecule has 2 N–H and O–H groups in total. The second kappa shape index (κ2) is 3.96. The Kier molecular flexibility index (Phi) is 2.68. The minimum Gasteiger partial charge on any atom is -0.354 e. The van der Waals surface area contributed by atoms with Gasteiger partial charge in [0, 0.05) is 25.3 Å². The average molecular weight is 191 g/mol. The first kappa shape index (κ1) is 9.46. The Labute approximate surface area is 84.9 Å². The lowest BCUT2D eigenvalue weighted by Gasteiger charge is -2.21. The Morgan fingerprint density at radius 1 is 1.50 bits per heavy atom. The predicted molar refractivity (Wildman–Crippen MR) is 58.2 cm³/mol. The number of nitrogens with zero attached hydrogens (tertiary/aromatic N) is 2. The summed E-state index contributed by atoms with van der Waals surface area (Å²) in [6, 6.07) is 4.87. The van der Waals surface area contributed by atoms with Gasteiger partial charge in [-0.15, -0.1) is 0 Å². The van der Waals surface area contributed by atoms with E-state index in [9.17, 15) is 0 Å². The van der Waals surface area contributed by atoms with Crippen LogP contribution in [0.4, 0.5) is 5.82 Å². The van der Waals surface area contributed by atoms with E-state index in [-0.39, 0.29) is 0 Å². The van der Waals surface area contributed by atoms with Crippen LogP contribution in [-0.4, -0.2) is 17.6 Å². The van der Waals surface area contributed by atoms with Crippen molar-refractivity contribution in [3.63, 3.8) is 0 Å². The molecule has 1 aliphatic carbocycles. The number of anilines is 1. The summed E-state index contributed by atoms with van der Waals surface area (Å²) in [5.41, 5.74) is 6.62. The van der Waals surface area contributed by atoms with E-state index < -0.39 is 0 Å². The van der Waals surface area contributed by atoms with E-state index in [1.54, 1.807) is 0 Å². The first-order valence-electron chi connectivity index (χ1n) is 5.26. The monoisotopic (exact) mass is 191 g/mol. The molecule has 0 radical (unpaired) electrons. The van der Waals surface area contributed by atoms with Crippen molar-refractivity contribution in [2.75, 3.05) is 11.4 Å². The van der Waals surface area contributed by atoms with E-state index in [2.05, 4.69) is 28.9 Å². The van der Waals surface area contributed by atoms with E-state index in [0.717, 1.165) is 24.0 Å². The maximum Gasteiger partial charge on any atom is 0.128 e. The van der Waals surface area contributed by atoms with Crippen LogP contribution in [0.25, 0.3) is 0 Å². The van der Waals surface area contributed by atoms with Gasteiger partial charge in [0.15, 0.2) is 0 Å². The van der Waals surface area contributed by atoms with Gasteiger partial charge in [-0.05, 0) is 31.4 Å². The summed E-state index contributed by atoms with van der Waals surface area (Å²) < 4.78 is 0. The van der Waals surface area contributed by atoms with Gasteiger partial charge in [0.05, 0.1) is 0 Å². The SMILES string of the molecule is CCN(c1ccc(CN)cn1)C1CC1. The van der Waals surface area contributed by atoms with Gasteiger partial charge in [0.1, 0.15) is 5.82 Å². The molecule has 0 spiro atoms. The maximum atomic E-state index is 5.53. The van der Waals surface area contributed by atoms with Crippen LogP contribution in [0.3, 0.4) is 0 Å². The third kappa shape index (κ3) is 1.87. The molecule has 0 aliphatic heterocycles. The Morgan fingerprint density at radius 3 is 2.71 bits per heavy atom. The molecule has 1 fully saturated rings. The van der Waals surface area contributed by atoms with Gasteiger partial charge in [0.25, 0.3) is 0 Å². The summed E-state index contributed by atoms with van der Waals surface area (Å²) in [7, 11) is 0. The number of rotatable bonds is 4. The van der Waals surface area contributed by atoms with Crippen LogP contribution in [-0.2, 0) is 6.54 Å². The first-order chi connectivity index (χ1) is 6.85. The van der Waals surface area contributed by atoms with E-state index >= 15 is 0 Å². The number of hydrogen-bond acceptors (Lipinski definition) is 3. The van der Waals surface area contributed by atoms with Crippen molar-refractivity contribution < 1.29 is 0 Å². The van der Waals surface area contributed by atoms with Gasteiger partial charge >= 0.3 is 0 Å². The first-order valence-corrected chi connectivity index (χ1v) is 5.26. The Balaban J connectivity index is 2.13. The van der Waals surface area contributed by atoms with Crippen molar-refractivity contribution in [3.05, 3.63) is 23.9 Å². The van der Waals surface area contributed by atoms with Crippen LogP contribution in [0.1, 0.15) is 25.3 Å². The van der Waals surface area contributed by atoms with Gasteiger partial charge < -0.3 is 10.6 Å². The molecule has 0 amide bonds. The second-order valence-electron chi connectivity index (χ2n) is 3.75. The third-order valence-electron chi connectivity index (χ3n) is 2.67. The quantitative estimate of drug-likeness (QED) is 0.784. The van der Waals surface area contributed by atoms with Crippen molar-refractivity contribution >= 4 is 5.82 Å². The molecule has 2 rings (SSSR count). The van der Waals surface area contributed by atoms with Crippen LogP contribution in [0.5, 0.6) is 0 Å². The van der Waals surface area contributed by atoms with E-state index in [1.807, 2.05) is 6.20 Å². The number of pyridine rings is 1. The Morgan fingerprint density at radius 2 is 2.29 bits per heavy atom. The number of nitrogens with two attached hydrogens (primary N) is 1. The van der Waals surface area contributed by atoms with Crippen LogP contribution in [0.15, 0.2) is 18.3 Å². The summed E-state index contributed by atoms with van der Waals surface area (Å²) in [5.74, 6) is 1.09. The van der Waals surface area contributed by atoms with Gasteiger partial charge in [-0.25, -0.2) is 4.98 Å². The summed E-state index contributed by atoms with van der Waals surface area (Å²) in [6.07, 6.45) is 4.50. The molecule has 0 saturated heterocycles. The fourth-order valence-electron chi connectivity index (χ4n) is 1.70. The highest BCUT2D eigenvalue weighted by molar-refractivity contribution is 5.41. The summed E-state index contributed by atoms with van der Waals surface area (Å²) >= 11 is 0. The summed E-state index contributed by atoms with van der Waals surface area (Å²) in [4.78, 5) is 6.79. The van der Waals surface area contributed by atoms with E-state index in [1.165, 1.54) is 12.8 Å². The molecule has 3 nitrogen and oxygen atoms in total. The Bertz CT molecular complexity index is 290. The zero-order chi connectivity index (χ0) is 9.97. The molecule has 1 aliphatic rings. The molecule has 1 saturated carbocycles. The van der Waals surface area contributed by atoms with Crippen molar-refractivity contribution in [1.29, 1.82) is 0 Å². The molecule has 0 aromatic carbocycles. The van der Waals surface area contributed by atoms with Gasteiger partial charge in [0.2, 0.25) is 0 Å². The fourth-order valence-corrected chi connectivity index (χ4v) is 1.70. The van der Waals surface area contributed by atoms with Crippen molar-refractivity contribution in [2.45, 2.75) is 32.4 Å². The number of hydrogen-bond donors (Lipinski definition) is 1. The van der Waals surface area contributed by atoms with Crippen LogP contribution in [0.2, 0.25) is 0 Å². The van der Waals surface area contributed by atoms with Crippen molar-refractivity contribution in [2.24, 2.45) is 5.73 Å². The average Bonchev–Trinajstić information content (AvgIpc) is 3.04. The van der Waals surface area contributed by atoms with E-state index in [0.29, 0.717) is 6.54 Å². The lowest BCUT2D eigenvalue weighted by Crippen LogP contribution is -2.25. The minimum atomic E-state index is 0.572. The molecule has 1 heterocycles. The molecule has 1 aromatic heterocycles. The van der Waals surface area contributed by atoms with Crippen molar-refractivity contribution in [3.8, 4) is 0 Å². The molecule has 0 bridgehead atoms. The van der Waals surface area contributed by atoms with Crippen LogP contribution < -0.4 is 10.6 Å². The molecule has 14 heavy (non-hydrogen) atoms. The lowest BCUT2D eigenvalue weighted by atomic mass is 10.3. The highest BCUT2D eigenvalue weighted by Crippen LogP contribution is 2.30. The highest BCUT2D eigenvalue weighted by Gasteiger charge is 2.28. The fraction of sp³-hybridized carbons (Fsp3) is 0.545. The van der Waals surface area contributed by atoms with E-state index in [4.69, 9.17) is 5.73 Å². The van der Waals surface area contributed by atoms with Gasteiger partial charge in [-0.3, -0.25) is 0 Å². The smallest absolute Gasteiger partial charge is 0.128 e. The zero-order valence-corrected chi connectivity index (χ0v) is 8.61. The number of aromatic nitrogens is 1. The molecular formula is C11H17N3. The third-order valence-corrected chi connectivity index (χ3v) is 2.67. The van der Waals surface area contributed by atoms with Gasteiger partial charge in [-0.1, -0.05) is 6.07 Å². The van der Waals surface area contributed by atoms with Crippen LogP contribution >= 0.6 is 0 Å². The predicted octanol–water partition coefficient (Wildman–Crippen LogP) is 1.53. The molecule has 1 aromatic rings. The summed E-state index contributed by atoms with van der Waals surface area (Å²) in [5, 5.41) is 0. The molecular weight excluding hydrogens is 174 g/mol. The largest absolute Gasteiger partial charge is 0.354 e. The maximum absolute atomic E-state index is 5.53. The molecule has 76 valence electrons. The Hall–Kier alpha value is -1.09. The van der Waals surface area contributed by atoms with Gasteiger partial charge in [-0.2, -0.15) is 0 Å². The normalized spacial score (nSPS) is 15.6. The lowest BCUT2D eigenvalue weighted by molar-refractivity contribution is 0.806. The zero-order valence-electron chi connectivity index (χ0n) is 8.61.